The summed E-state index contributed by atoms with van der Waals surface area (Å²) in [5.74, 6) is -0.342. The van der Waals surface area contributed by atoms with E-state index in [-0.39, 0.29) is 5.97 Å². The van der Waals surface area contributed by atoms with Gasteiger partial charge in [-0.2, -0.15) is 0 Å². The van der Waals surface area contributed by atoms with E-state index in [9.17, 15) is 4.79 Å². The van der Waals surface area contributed by atoms with Crippen LogP contribution in [0.25, 0.3) is 5.57 Å². The topological polar surface area (TPSA) is 57.3 Å². The number of nitrogens with zero attached hydrogens (tertiary/aromatic N) is 1. The number of rotatable bonds is 3. The minimum Gasteiger partial charge on any atom is -0.465 e. The summed E-state index contributed by atoms with van der Waals surface area (Å²) < 4.78 is 6.73. The third-order valence-electron chi connectivity index (χ3n) is 2.97. The molecule has 0 spiro atoms. The molecule has 0 atom stereocenters. The zero-order valence-corrected chi connectivity index (χ0v) is 10.3. The van der Waals surface area contributed by atoms with E-state index in [0.29, 0.717) is 12.1 Å². The van der Waals surface area contributed by atoms with Gasteiger partial charge < -0.3 is 15.0 Å². The van der Waals surface area contributed by atoms with Gasteiger partial charge in [-0.15, -0.1) is 0 Å². The van der Waals surface area contributed by atoms with E-state index in [4.69, 9.17) is 10.5 Å². The molecule has 0 saturated heterocycles. The first-order chi connectivity index (χ1) is 7.45. The normalized spacial score (nSPS) is 10.3. The Balaban J connectivity index is 3.51. The van der Waals surface area contributed by atoms with Crippen LogP contribution in [0, 0.1) is 13.8 Å². The van der Waals surface area contributed by atoms with Crippen molar-refractivity contribution in [2.45, 2.75) is 13.8 Å². The van der Waals surface area contributed by atoms with Gasteiger partial charge >= 0.3 is 5.97 Å². The van der Waals surface area contributed by atoms with Crippen molar-refractivity contribution < 1.29 is 9.53 Å². The van der Waals surface area contributed by atoms with Gasteiger partial charge in [0, 0.05) is 30.5 Å². The number of hydrogen-bond acceptors (Lipinski definition) is 3. The lowest BCUT2D eigenvalue weighted by Crippen LogP contribution is -2.08. The largest absolute Gasteiger partial charge is 0.465 e. The Morgan fingerprint density at radius 1 is 1.38 bits per heavy atom. The lowest BCUT2D eigenvalue weighted by atomic mass is 10.0. The summed E-state index contributed by atoms with van der Waals surface area (Å²) in [5, 5.41) is 0. The monoisotopic (exact) mass is 222 g/mol. The van der Waals surface area contributed by atoms with Gasteiger partial charge in [0.15, 0.2) is 0 Å². The fourth-order valence-corrected chi connectivity index (χ4v) is 1.84. The van der Waals surface area contributed by atoms with Crippen molar-refractivity contribution in [2.75, 3.05) is 13.7 Å². The summed E-state index contributed by atoms with van der Waals surface area (Å²) in [6, 6.07) is 0. The van der Waals surface area contributed by atoms with Crippen molar-refractivity contribution in [3.8, 4) is 0 Å². The second-order valence-electron chi connectivity index (χ2n) is 3.78. The Bertz CT molecular complexity index is 405. The molecule has 1 aromatic rings. The molecule has 0 fully saturated rings. The number of ether oxygens (including phenoxy) is 1. The molecule has 0 aliphatic heterocycles. The smallest absolute Gasteiger partial charge is 0.340 e. The van der Waals surface area contributed by atoms with Crippen LogP contribution < -0.4 is 5.73 Å². The van der Waals surface area contributed by atoms with E-state index in [0.717, 1.165) is 22.5 Å². The molecule has 0 amide bonds. The van der Waals surface area contributed by atoms with Gasteiger partial charge in [0.05, 0.1) is 12.7 Å². The molecular formula is C12H18N2O2. The van der Waals surface area contributed by atoms with Crippen molar-refractivity contribution >= 4 is 11.5 Å². The van der Waals surface area contributed by atoms with E-state index in [1.54, 1.807) is 0 Å². The summed E-state index contributed by atoms with van der Waals surface area (Å²) in [4.78, 5) is 11.7. The first-order valence-electron chi connectivity index (χ1n) is 5.08. The number of carbonyl (C=O) groups is 1. The lowest BCUT2D eigenvalue weighted by Gasteiger charge is -2.05. The van der Waals surface area contributed by atoms with Crippen LogP contribution in [0.5, 0.6) is 0 Å². The van der Waals surface area contributed by atoms with Gasteiger partial charge in [-0.25, -0.2) is 4.79 Å². The third-order valence-corrected chi connectivity index (χ3v) is 2.97. The van der Waals surface area contributed by atoms with Crippen molar-refractivity contribution in [1.82, 2.24) is 4.57 Å². The Hall–Kier alpha value is -1.55. The van der Waals surface area contributed by atoms with Crippen LogP contribution in [0.3, 0.4) is 0 Å². The Labute approximate surface area is 95.7 Å². The predicted molar refractivity (Wildman–Crippen MR) is 64.3 cm³/mol. The maximum atomic E-state index is 11.7. The van der Waals surface area contributed by atoms with Crippen LogP contribution >= 0.6 is 0 Å². The van der Waals surface area contributed by atoms with Crippen LogP contribution in [0.1, 0.15) is 27.3 Å². The molecular weight excluding hydrogens is 204 g/mol. The van der Waals surface area contributed by atoms with Gasteiger partial charge in [0.25, 0.3) is 0 Å². The molecule has 0 radical (unpaired) electrons. The first kappa shape index (κ1) is 12.5. The molecule has 1 heterocycles. The summed E-state index contributed by atoms with van der Waals surface area (Å²) in [6.45, 7) is 8.04. The SMILES string of the molecule is C=C(CN)c1c(C(=O)OC)c(C)n(C)c1C. The first-order valence-corrected chi connectivity index (χ1v) is 5.08. The fourth-order valence-electron chi connectivity index (χ4n) is 1.84. The van der Waals surface area contributed by atoms with Gasteiger partial charge in [-0.1, -0.05) is 6.58 Å². The maximum Gasteiger partial charge on any atom is 0.340 e. The van der Waals surface area contributed by atoms with Gasteiger partial charge in [-0.3, -0.25) is 0 Å². The molecule has 4 nitrogen and oxygen atoms in total. The molecule has 0 saturated carbocycles. The molecule has 0 bridgehead atoms. The lowest BCUT2D eigenvalue weighted by molar-refractivity contribution is 0.0599. The van der Waals surface area contributed by atoms with Crippen LogP contribution in [-0.4, -0.2) is 24.2 Å². The summed E-state index contributed by atoms with van der Waals surface area (Å²) >= 11 is 0. The molecule has 88 valence electrons. The summed E-state index contributed by atoms with van der Waals surface area (Å²) in [7, 11) is 3.28. The molecule has 0 aromatic carbocycles. The number of methoxy groups -OCH3 is 1. The number of esters is 1. The maximum absolute atomic E-state index is 11.7. The highest BCUT2D eigenvalue weighted by atomic mass is 16.5. The van der Waals surface area contributed by atoms with Crippen molar-refractivity contribution in [1.29, 1.82) is 0 Å². The standard InChI is InChI=1S/C12H18N2O2/c1-7(6-13)10-8(2)14(4)9(3)11(10)12(15)16-5/h1,6,13H2,2-5H3. The van der Waals surface area contributed by atoms with E-state index < -0.39 is 0 Å². The van der Waals surface area contributed by atoms with Crippen LogP contribution in [0.15, 0.2) is 6.58 Å². The van der Waals surface area contributed by atoms with E-state index >= 15 is 0 Å². The van der Waals surface area contributed by atoms with Crippen molar-refractivity contribution in [3.63, 3.8) is 0 Å². The Morgan fingerprint density at radius 3 is 2.31 bits per heavy atom. The molecule has 2 N–H and O–H groups in total. The Kier molecular flexibility index (Phi) is 3.55. The Morgan fingerprint density at radius 2 is 1.88 bits per heavy atom. The van der Waals surface area contributed by atoms with Crippen molar-refractivity contribution in [2.24, 2.45) is 12.8 Å². The molecule has 0 aliphatic rings. The summed E-state index contributed by atoms with van der Waals surface area (Å²) in [6.07, 6.45) is 0. The second-order valence-corrected chi connectivity index (χ2v) is 3.78. The zero-order valence-electron chi connectivity index (χ0n) is 10.3. The van der Waals surface area contributed by atoms with Crippen LogP contribution in [-0.2, 0) is 11.8 Å². The fraction of sp³-hybridized carbons (Fsp3) is 0.417. The van der Waals surface area contributed by atoms with Crippen molar-refractivity contribution in [3.05, 3.63) is 29.1 Å². The van der Waals surface area contributed by atoms with Gasteiger partial charge in [0.1, 0.15) is 0 Å². The zero-order chi connectivity index (χ0) is 12.5. The highest BCUT2D eigenvalue weighted by Crippen LogP contribution is 2.27. The quantitative estimate of drug-likeness (QED) is 0.786. The van der Waals surface area contributed by atoms with Crippen LogP contribution in [0.4, 0.5) is 0 Å². The number of carbonyl (C=O) groups excluding carboxylic acids is 1. The molecule has 4 heteroatoms. The number of nitrogens with two attached hydrogens (primary N) is 1. The molecule has 1 aromatic heterocycles. The highest BCUT2D eigenvalue weighted by molar-refractivity contribution is 5.97. The van der Waals surface area contributed by atoms with E-state index in [2.05, 4.69) is 6.58 Å². The minimum atomic E-state index is -0.342. The molecule has 16 heavy (non-hydrogen) atoms. The minimum absolute atomic E-state index is 0.328. The van der Waals surface area contributed by atoms with Gasteiger partial charge in [0.2, 0.25) is 0 Å². The van der Waals surface area contributed by atoms with Crippen LogP contribution in [0.2, 0.25) is 0 Å². The molecule has 1 rings (SSSR count). The average Bonchev–Trinajstić information content (AvgIpc) is 2.51. The molecule has 0 unspecified atom stereocenters. The summed E-state index contributed by atoms with van der Waals surface area (Å²) in [5.41, 5.74) is 9.56. The highest BCUT2D eigenvalue weighted by Gasteiger charge is 2.23. The van der Waals surface area contributed by atoms with Gasteiger partial charge in [-0.05, 0) is 19.4 Å². The van der Waals surface area contributed by atoms with E-state index in [1.165, 1.54) is 7.11 Å². The third kappa shape index (κ3) is 1.76. The number of aromatic nitrogens is 1. The van der Waals surface area contributed by atoms with E-state index in [1.807, 2.05) is 25.5 Å². The number of hydrogen-bond donors (Lipinski definition) is 1. The molecule has 0 aliphatic carbocycles. The predicted octanol–water partition coefficient (Wildman–Crippen LogP) is 1.40. The second kappa shape index (κ2) is 4.53. The average molecular weight is 222 g/mol.